The van der Waals surface area contributed by atoms with Crippen LogP contribution in [0.25, 0.3) is 0 Å². The first-order valence-electron chi connectivity index (χ1n) is 9.42. The molecule has 1 aliphatic carbocycles. The van der Waals surface area contributed by atoms with Crippen LogP contribution in [0.4, 0.5) is 0 Å². The molecular formula is C19H28NNa2O5P+2. The molecular weight excluding hydrogens is 399 g/mol. The van der Waals surface area contributed by atoms with Gasteiger partial charge >= 0.3 is 65.1 Å². The minimum Gasteiger partial charge on any atom is -0.478 e. The van der Waals surface area contributed by atoms with E-state index in [2.05, 4.69) is 5.32 Å². The number of carboxylic acids is 1. The fraction of sp³-hybridized carbons (Fsp3) is 0.632. The standard InChI is InChI=1S/C19H28NO5P.2Na/c21-19(22)16-8-4-7-15(9-16)18-11-25-17(10-20-18)13-26(23,24)12-14-5-2-1-3-6-14;;/h4,7-9,14,17-18,20H,1-3,5-6,10-13H2,(H,21,22)(H,23,24);;/q;2*+1/t17-,18+;;/m1../s1. The van der Waals surface area contributed by atoms with Gasteiger partial charge in [0.15, 0.2) is 0 Å². The number of hydrogen-bond acceptors (Lipinski definition) is 4. The Labute approximate surface area is 211 Å². The van der Waals surface area contributed by atoms with Crippen LogP contribution in [-0.2, 0) is 9.30 Å². The van der Waals surface area contributed by atoms with Crippen molar-refractivity contribution in [3.8, 4) is 0 Å². The van der Waals surface area contributed by atoms with Gasteiger partial charge in [-0.25, -0.2) is 4.79 Å². The van der Waals surface area contributed by atoms with Gasteiger partial charge in [-0.15, -0.1) is 0 Å². The first-order valence-corrected chi connectivity index (χ1v) is 11.4. The molecule has 0 bridgehead atoms. The maximum atomic E-state index is 12.6. The van der Waals surface area contributed by atoms with Gasteiger partial charge in [0.25, 0.3) is 0 Å². The summed E-state index contributed by atoms with van der Waals surface area (Å²) in [5.41, 5.74) is 1.11. The summed E-state index contributed by atoms with van der Waals surface area (Å²) in [6, 6.07) is 6.70. The molecule has 0 spiro atoms. The Morgan fingerprint density at radius 2 is 1.89 bits per heavy atom. The Hall–Kier alpha value is 0.800. The summed E-state index contributed by atoms with van der Waals surface area (Å²) in [6.45, 7) is 0.869. The van der Waals surface area contributed by atoms with E-state index in [0.29, 0.717) is 25.2 Å². The average molecular weight is 427 g/mol. The SMILES string of the molecule is O=C(O)c1cccc([C@@H]2CO[C@@H](CP(=O)(O)CC3CCCCC3)CN2)c1.[Na+].[Na+]. The van der Waals surface area contributed by atoms with Crippen LogP contribution in [0, 0.1) is 5.92 Å². The van der Waals surface area contributed by atoms with Crippen LogP contribution in [0.1, 0.15) is 54.1 Å². The Kier molecular flexibility index (Phi) is 12.1. The third-order valence-electron chi connectivity index (χ3n) is 5.38. The van der Waals surface area contributed by atoms with E-state index in [4.69, 9.17) is 9.84 Å². The number of carboxylic acid groups (broad SMARTS) is 1. The number of rotatable bonds is 6. The topological polar surface area (TPSA) is 95.9 Å². The molecule has 2 fully saturated rings. The molecule has 144 valence electrons. The van der Waals surface area contributed by atoms with E-state index in [0.717, 1.165) is 18.4 Å². The Balaban J connectivity index is 0.00000196. The number of morpholine rings is 1. The van der Waals surface area contributed by atoms with Crippen LogP contribution in [0.2, 0.25) is 0 Å². The van der Waals surface area contributed by atoms with Gasteiger partial charge in [0.05, 0.1) is 30.5 Å². The Morgan fingerprint density at radius 3 is 2.50 bits per heavy atom. The summed E-state index contributed by atoms with van der Waals surface area (Å²) in [5, 5.41) is 12.4. The zero-order valence-electron chi connectivity index (χ0n) is 17.0. The van der Waals surface area contributed by atoms with Crippen molar-refractivity contribution in [1.29, 1.82) is 0 Å². The van der Waals surface area contributed by atoms with Crippen LogP contribution in [0.3, 0.4) is 0 Å². The van der Waals surface area contributed by atoms with E-state index in [1.165, 1.54) is 19.3 Å². The zero-order valence-corrected chi connectivity index (χ0v) is 21.9. The first kappa shape index (κ1) is 26.8. The summed E-state index contributed by atoms with van der Waals surface area (Å²) in [6.07, 6.45) is 6.05. The summed E-state index contributed by atoms with van der Waals surface area (Å²) >= 11 is 0. The van der Waals surface area contributed by atoms with Crippen molar-refractivity contribution in [2.24, 2.45) is 5.92 Å². The van der Waals surface area contributed by atoms with Crippen molar-refractivity contribution in [3.63, 3.8) is 0 Å². The van der Waals surface area contributed by atoms with E-state index in [9.17, 15) is 14.3 Å². The molecule has 9 heteroatoms. The number of benzene rings is 1. The van der Waals surface area contributed by atoms with E-state index < -0.39 is 13.3 Å². The number of ether oxygens (including phenoxy) is 1. The molecule has 0 amide bonds. The van der Waals surface area contributed by atoms with Crippen LogP contribution in [0.15, 0.2) is 24.3 Å². The Bertz CT molecular complexity index is 676. The minimum atomic E-state index is -3.18. The van der Waals surface area contributed by atoms with Crippen molar-refractivity contribution in [3.05, 3.63) is 35.4 Å². The maximum absolute atomic E-state index is 12.6. The fourth-order valence-electron chi connectivity index (χ4n) is 4.01. The van der Waals surface area contributed by atoms with Gasteiger partial charge in [0, 0.05) is 12.7 Å². The largest absolute Gasteiger partial charge is 1.00 e. The van der Waals surface area contributed by atoms with Gasteiger partial charge in [-0.2, -0.15) is 0 Å². The molecule has 2 aliphatic rings. The van der Waals surface area contributed by atoms with Gasteiger partial charge in [0.1, 0.15) is 0 Å². The third kappa shape index (κ3) is 8.14. The van der Waals surface area contributed by atoms with E-state index >= 15 is 0 Å². The molecule has 3 N–H and O–H groups in total. The van der Waals surface area contributed by atoms with Crippen molar-refractivity contribution in [2.75, 3.05) is 25.5 Å². The summed E-state index contributed by atoms with van der Waals surface area (Å²) in [5.74, 6) is -0.576. The quantitative estimate of drug-likeness (QED) is 0.337. The van der Waals surface area contributed by atoms with Gasteiger partial charge in [-0.05, 0) is 36.5 Å². The minimum absolute atomic E-state index is 0. The van der Waals surface area contributed by atoms with Crippen LogP contribution < -0.4 is 64.4 Å². The van der Waals surface area contributed by atoms with Gasteiger partial charge in [-0.1, -0.05) is 31.4 Å². The van der Waals surface area contributed by atoms with E-state index in [-0.39, 0.29) is 83.0 Å². The molecule has 0 aromatic heterocycles. The molecule has 1 unspecified atom stereocenters. The monoisotopic (exact) mass is 427 g/mol. The van der Waals surface area contributed by atoms with E-state index in [1.54, 1.807) is 18.2 Å². The number of hydrogen-bond donors (Lipinski definition) is 3. The molecule has 1 heterocycles. The molecule has 1 saturated heterocycles. The second kappa shape index (κ2) is 12.6. The summed E-state index contributed by atoms with van der Waals surface area (Å²) in [7, 11) is -3.18. The van der Waals surface area contributed by atoms with Crippen molar-refractivity contribution in [1.82, 2.24) is 5.32 Å². The normalized spacial score (nSPS) is 25.0. The molecule has 3 atom stereocenters. The van der Waals surface area contributed by atoms with Crippen LogP contribution in [0.5, 0.6) is 0 Å². The number of nitrogens with one attached hydrogen (secondary N) is 1. The predicted molar refractivity (Wildman–Crippen MR) is 100 cm³/mol. The smallest absolute Gasteiger partial charge is 0.478 e. The molecule has 6 nitrogen and oxygen atoms in total. The maximum Gasteiger partial charge on any atom is 1.00 e. The van der Waals surface area contributed by atoms with Gasteiger partial charge in [0.2, 0.25) is 7.37 Å². The molecule has 3 rings (SSSR count). The molecule has 28 heavy (non-hydrogen) atoms. The van der Waals surface area contributed by atoms with E-state index in [1.807, 2.05) is 6.07 Å². The summed E-state index contributed by atoms with van der Waals surface area (Å²) < 4.78 is 18.4. The second-order valence-electron chi connectivity index (χ2n) is 7.56. The fourth-order valence-corrected chi connectivity index (χ4v) is 6.20. The predicted octanol–water partition coefficient (Wildman–Crippen LogP) is -2.73. The average Bonchev–Trinajstić information content (AvgIpc) is 2.62. The molecule has 1 saturated carbocycles. The molecule has 0 radical (unpaired) electrons. The number of carbonyl (C=O) groups is 1. The Morgan fingerprint density at radius 1 is 1.18 bits per heavy atom. The van der Waals surface area contributed by atoms with Gasteiger partial charge in [-0.3, -0.25) is 4.57 Å². The van der Waals surface area contributed by atoms with Crippen LogP contribution in [-0.4, -0.2) is 47.5 Å². The van der Waals surface area contributed by atoms with Crippen molar-refractivity contribution in [2.45, 2.75) is 44.2 Å². The molecule has 1 aromatic rings. The second-order valence-corrected chi connectivity index (χ2v) is 9.99. The van der Waals surface area contributed by atoms with Crippen molar-refractivity contribution >= 4 is 13.3 Å². The number of aromatic carboxylic acids is 1. The summed E-state index contributed by atoms with van der Waals surface area (Å²) in [4.78, 5) is 21.5. The zero-order chi connectivity index (χ0) is 18.6. The molecule has 1 aromatic carbocycles. The first-order chi connectivity index (χ1) is 12.4. The van der Waals surface area contributed by atoms with Crippen LogP contribution >= 0.6 is 7.37 Å². The third-order valence-corrected chi connectivity index (χ3v) is 7.45. The van der Waals surface area contributed by atoms with Crippen molar-refractivity contribution < 1.29 is 83.2 Å². The molecule has 1 aliphatic heterocycles. The van der Waals surface area contributed by atoms with Gasteiger partial charge < -0.3 is 20.1 Å².